The van der Waals surface area contributed by atoms with E-state index in [1.165, 1.54) is 0 Å². The van der Waals surface area contributed by atoms with Crippen molar-refractivity contribution in [2.24, 2.45) is 5.92 Å². The van der Waals surface area contributed by atoms with Crippen LogP contribution in [0, 0.1) is 12.8 Å². The van der Waals surface area contributed by atoms with Gasteiger partial charge in [0.25, 0.3) is 5.91 Å². The van der Waals surface area contributed by atoms with Crippen molar-refractivity contribution in [1.29, 1.82) is 0 Å². The van der Waals surface area contributed by atoms with Crippen LogP contribution in [0.1, 0.15) is 40.4 Å². The number of benzene rings is 2. The van der Waals surface area contributed by atoms with E-state index in [-0.39, 0.29) is 11.9 Å². The summed E-state index contributed by atoms with van der Waals surface area (Å²) in [5.74, 6) is 1.90. The average molecular weight is 338 g/mol. The van der Waals surface area contributed by atoms with Crippen molar-refractivity contribution in [1.82, 2.24) is 5.32 Å². The van der Waals surface area contributed by atoms with Crippen molar-refractivity contribution in [2.75, 3.05) is 18.9 Å². The van der Waals surface area contributed by atoms with Gasteiger partial charge in [-0.15, -0.1) is 0 Å². The first-order valence-corrected chi connectivity index (χ1v) is 8.68. The van der Waals surface area contributed by atoms with E-state index in [1.807, 2.05) is 37.3 Å². The number of nitrogens with two attached hydrogens (primary N) is 1. The summed E-state index contributed by atoms with van der Waals surface area (Å²) in [6, 6.07) is 11.3. The third kappa shape index (κ3) is 3.27. The molecule has 1 atom stereocenters. The molecule has 1 amide bonds. The van der Waals surface area contributed by atoms with Gasteiger partial charge in [-0.1, -0.05) is 12.1 Å². The highest BCUT2D eigenvalue weighted by Gasteiger charge is 2.34. The first-order chi connectivity index (χ1) is 12.1. The average Bonchev–Trinajstić information content (AvgIpc) is 3.46. The fraction of sp³-hybridized carbons (Fsp3) is 0.350. The Morgan fingerprint density at radius 2 is 1.88 bits per heavy atom. The van der Waals surface area contributed by atoms with Crippen LogP contribution in [0.5, 0.6) is 11.5 Å². The van der Waals surface area contributed by atoms with Gasteiger partial charge in [-0.05, 0) is 61.1 Å². The third-order valence-corrected chi connectivity index (χ3v) is 4.81. The van der Waals surface area contributed by atoms with E-state index in [9.17, 15) is 4.79 Å². The molecule has 130 valence electrons. The predicted octanol–water partition coefficient (Wildman–Crippen LogP) is 3.23. The second-order valence-corrected chi connectivity index (χ2v) is 6.77. The quantitative estimate of drug-likeness (QED) is 0.840. The first kappa shape index (κ1) is 15.8. The van der Waals surface area contributed by atoms with Crippen molar-refractivity contribution in [3.05, 3.63) is 53.1 Å². The zero-order chi connectivity index (χ0) is 17.4. The SMILES string of the molecule is Cc1ccc(N)cc1C(=O)NC(c1ccc2c(c1)OCCO2)C1CC1. The van der Waals surface area contributed by atoms with Gasteiger partial charge < -0.3 is 20.5 Å². The summed E-state index contributed by atoms with van der Waals surface area (Å²) in [6.45, 7) is 3.05. The molecule has 1 aliphatic carbocycles. The lowest BCUT2D eigenvalue weighted by Crippen LogP contribution is -2.30. The molecule has 5 nitrogen and oxygen atoms in total. The van der Waals surface area contributed by atoms with E-state index in [0.717, 1.165) is 35.5 Å². The fourth-order valence-electron chi connectivity index (χ4n) is 3.26. The van der Waals surface area contributed by atoms with Crippen molar-refractivity contribution in [3.8, 4) is 11.5 Å². The number of carbonyl (C=O) groups is 1. The van der Waals surface area contributed by atoms with Gasteiger partial charge in [0, 0.05) is 11.3 Å². The standard InChI is InChI=1S/C20H22N2O3/c1-12-2-6-15(21)11-16(12)20(23)22-19(13-3-4-13)14-5-7-17-18(10-14)25-9-8-24-17/h2,5-7,10-11,13,19H,3-4,8-9,21H2,1H3,(H,22,23). The van der Waals surface area contributed by atoms with Crippen LogP contribution in [0.25, 0.3) is 0 Å². The minimum absolute atomic E-state index is 0.0239. The highest BCUT2D eigenvalue weighted by Crippen LogP contribution is 2.43. The molecule has 2 aromatic rings. The van der Waals surface area contributed by atoms with E-state index in [2.05, 4.69) is 5.32 Å². The molecule has 0 spiro atoms. The molecule has 1 heterocycles. The van der Waals surface area contributed by atoms with Crippen LogP contribution in [-0.4, -0.2) is 19.1 Å². The molecule has 1 saturated carbocycles. The third-order valence-electron chi connectivity index (χ3n) is 4.81. The number of anilines is 1. The Morgan fingerprint density at radius 3 is 2.64 bits per heavy atom. The second kappa shape index (κ2) is 6.31. The highest BCUT2D eigenvalue weighted by molar-refractivity contribution is 5.96. The number of nitrogens with one attached hydrogen (secondary N) is 1. The van der Waals surface area contributed by atoms with Crippen molar-refractivity contribution < 1.29 is 14.3 Å². The summed E-state index contributed by atoms with van der Waals surface area (Å²) >= 11 is 0. The van der Waals surface area contributed by atoms with Crippen LogP contribution >= 0.6 is 0 Å². The minimum Gasteiger partial charge on any atom is -0.486 e. The second-order valence-electron chi connectivity index (χ2n) is 6.77. The van der Waals surface area contributed by atoms with E-state index < -0.39 is 0 Å². The van der Waals surface area contributed by atoms with E-state index in [1.54, 1.807) is 6.07 Å². The summed E-state index contributed by atoms with van der Waals surface area (Å²) in [5, 5.41) is 3.20. The number of hydrogen-bond donors (Lipinski definition) is 2. The maximum atomic E-state index is 12.8. The molecule has 2 aromatic carbocycles. The van der Waals surface area contributed by atoms with Crippen LogP contribution in [0.15, 0.2) is 36.4 Å². The number of carbonyl (C=O) groups excluding carboxylic acids is 1. The van der Waals surface area contributed by atoms with Gasteiger partial charge >= 0.3 is 0 Å². The van der Waals surface area contributed by atoms with Gasteiger partial charge in [-0.25, -0.2) is 0 Å². The van der Waals surface area contributed by atoms with Crippen LogP contribution in [0.2, 0.25) is 0 Å². The molecule has 4 rings (SSSR count). The van der Waals surface area contributed by atoms with Crippen molar-refractivity contribution in [3.63, 3.8) is 0 Å². The molecule has 1 fully saturated rings. The number of fused-ring (bicyclic) bond motifs is 1. The molecule has 3 N–H and O–H groups in total. The Bertz CT molecular complexity index is 815. The topological polar surface area (TPSA) is 73.6 Å². The lowest BCUT2D eigenvalue weighted by Gasteiger charge is -2.23. The van der Waals surface area contributed by atoms with E-state index >= 15 is 0 Å². The fourth-order valence-corrected chi connectivity index (χ4v) is 3.26. The van der Waals surface area contributed by atoms with Gasteiger partial charge in [-0.2, -0.15) is 0 Å². The lowest BCUT2D eigenvalue weighted by atomic mass is 10.00. The Hall–Kier alpha value is -2.69. The first-order valence-electron chi connectivity index (χ1n) is 8.68. The monoisotopic (exact) mass is 338 g/mol. The van der Waals surface area contributed by atoms with Gasteiger partial charge in [0.05, 0.1) is 6.04 Å². The van der Waals surface area contributed by atoms with Crippen LogP contribution in [0.3, 0.4) is 0 Å². The number of ether oxygens (including phenoxy) is 2. The summed E-state index contributed by atoms with van der Waals surface area (Å²) in [6.07, 6.45) is 2.24. The molecule has 2 aliphatic rings. The molecule has 0 bridgehead atoms. The number of hydrogen-bond acceptors (Lipinski definition) is 4. The largest absolute Gasteiger partial charge is 0.486 e. The smallest absolute Gasteiger partial charge is 0.252 e. The zero-order valence-electron chi connectivity index (χ0n) is 14.2. The van der Waals surface area contributed by atoms with Gasteiger partial charge in [-0.3, -0.25) is 4.79 Å². The van der Waals surface area contributed by atoms with Crippen LogP contribution in [-0.2, 0) is 0 Å². The summed E-state index contributed by atoms with van der Waals surface area (Å²) in [5.41, 5.74) is 9.05. The van der Waals surface area contributed by atoms with Crippen molar-refractivity contribution >= 4 is 11.6 Å². The number of aryl methyl sites for hydroxylation is 1. The number of nitrogen functional groups attached to an aromatic ring is 1. The predicted molar refractivity (Wildman–Crippen MR) is 96.0 cm³/mol. The summed E-state index contributed by atoms with van der Waals surface area (Å²) in [4.78, 5) is 12.8. The molecular weight excluding hydrogens is 316 g/mol. The maximum absolute atomic E-state index is 12.8. The molecular formula is C20H22N2O3. The van der Waals surface area contributed by atoms with E-state index in [0.29, 0.717) is 30.4 Å². The molecule has 5 heteroatoms. The van der Waals surface area contributed by atoms with E-state index in [4.69, 9.17) is 15.2 Å². The Kier molecular flexibility index (Phi) is 3.99. The van der Waals surface area contributed by atoms with Gasteiger partial charge in [0.15, 0.2) is 11.5 Å². The molecule has 1 aliphatic heterocycles. The Labute approximate surface area is 147 Å². The number of amides is 1. The normalized spacial score (nSPS) is 17.0. The van der Waals surface area contributed by atoms with Crippen LogP contribution < -0.4 is 20.5 Å². The Balaban J connectivity index is 1.60. The van der Waals surface area contributed by atoms with Gasteiger partial charge in [0.2, 0.25) is 0 Å². The summed E-state index contributed by atoms with van der Waals surface area (Å²) < 4.78 is 11.3. The zero-order valence-corrected chi connectivity index (χ0v) is 14.2. The highest BCUT2D eigenvalue weighted by atomic mass is 16.6. The molecule has 25 heavy (non-hydrogen) atoms. The van der Waals surface area contributed by atoms with Crippen LogP contribution in [0.4, 0.5) is 5.69 Å². The molecule has 0 aromatic heterocycles. The van der Waals surface area contributed by atoms with Crippen molar-refractivity contribution in [2.45, 2.75) is 25.8 Å². The number of rotatable bonds is 4. The van der Waals surface area contributed by atoms with Gasteiger partial charge in [0.1, 0.15) is 13.2 Å². The lowest BCUT2D eigenvalue weighted by molar-refractivity contribution is 0.0931. The Morgan fingerprint density at radius 1 is 1.12 bits per heavy atom. The molecule has 0 saturated heterocycles. The minimum atomic E-state index is -0.0865. The summed E-state index contributed by atoms with van der Waals surface area (Å²) in [7, 11) is 0. The molecule has 1 unspecified atom stereocenters. The molecule has 0 radical (unpaired) electrons. The maximum Gasteiger partial charge on any atom is 0.252 e.